The zero-order chi connectivity index (χ0) is 19.5. The first-order chi connectivity index (χ1) is 13.6. The first-order valence-corrected chi connectivity index (χ1v) is 8.80. The highest BCUT2D eigenvalue weighted by molar-refractivity contribution is 5.47. The van der Waals surface area contributed by atoms with E-state index in [1.165, 1.54) is 4.68 Å². The Kier molecular flexibility index (Phi) is 4.70. The molecule has 1 heterocycles. The van der Waals surface area contributed by atoms with E-state index in [9.17, 15) is 9.90 Å². The number of aromatic nitrogens is 2. The third kappa shape index (κ3) is 3.41. The number of ether oxygens (including phenoxy) is 1. The van der Waals surface area contributed by atoms with Gasteiger partial charge in [-0.15, -0.1) is 0 Å². The van der Waals surface area contributed by atoms with Gasteiger partial charge >= 0.3 is 0 Å². The zero-order valence-corrected chi connectivity index (χ0v) is 14.9. The molecule has 0 aliphatic rings. The zero-order valence-electron chi connectivity index (χ0n) is 14.9. The molecule has 0 bridgehead atoms. The summed E-state index contributed by atoms with van der Waals surface area (Å²) in [5.41, 5.74) is 6.86. The smallest absolute Gasteiger partial charge is 0.279 e. The first-order valence-electron chi connectivity index (χ1n) is 8.80. The molecule has 1 aromatic heterocycles. The molecule has 3 aromatic carbocycles. The number of para-hydroxylation sites is 2. The van der Waals surface area contributed by atoms with E-state index in [4.69, 9.17) is 10.5 Å². The van der Waals surface area contributed by atoms with Crippen LogP contribution in [0.1, 0.15) is 17.2 Å². The van der Waals surface area contributed by atoms with Crippen molar-refractivity contribution in [2.45, 2.75) is 6.10 Å². The summed E-state index contributed by atoms with van der Waals surface area (Å²) >= 11 is 0. The fourth-order valence-electron chi connectivity index (χ4n) is 3.03. The molecule has 6 heteroatoms. The summed E-state index contributed by atoms with van der Waals surface area (Å²) in [5.74, 6) is 1.36. The highest BCUT2D eigenvalue weighted by Crippen LogP contribution is 2.28. The van der Waals surface area contributed by atoms with E-state index >= 15 is 0 Å². The largest absolute Gasteiger partial charge is 0.457 e. The second-order valence-electron chi connectivity index (χ2n) is 6.31. The molecule has 140 valence electrons. The number of H-pyrrole nitrogens is 1. The van der Waals surface area contributed by atoms with Crippen LogP contribution in [0.25, 0.3) is 5.69 Å². The van der Waals surface area contributed by atoms with Crippen molar-refractivity contribution in [3.63, 3.8) is 0 Å². The number of nitrogen functional groups attached to an aromatic ring is 1. The van der Waals surface area contributed by atoms with Gasteiger partial charge in [0.2, 0.25) is 0 Å². The van der Waals surface area contributed by atoms with Crippen molar-refractivity contribution >= 4 is 5.82 Å². The van der Waals surface area contributed by atoms with Crippen LogP contribution in [-0.2, 0) is 0 Å². The summed E-state index contributed by atoms with van der Waals surface area (Å²) in [7, 11) is 0. The molecular formula is C22H19N3O3. The van der Waals surface area contributed by atoms with Gasteiger partial charge in [0.25, 0.3) is 5.56 Å². The average Bonchev–Trinajstić information content (AvgIpc) is 3.03. The van der Waals surface area contributed by atoms with E-state index in [1.807, 2.05) is 48.5 Å². The lowest BCUT2D eigenvalue weighted by Crippen LogP contribution is -2.20. The van der Waals surface area contributed by atoms with Crippen LogP contribution in [0.3, 0.4) is 0 Å². The van der Waals surface area contributed by atoms with Crippen molar-refractivity contribution in [2.75, 3.05) is 5.73 Å². The van der Waals surface area contributed by atoms with Crippen LogP contribution in [0, 0.1) is 0 Å². The Morgan fingerprint density at radius 2 is 1.54 bits per heavy atom. The van der Waals surface area contributed by atoms with Gasteiger partial charge in [-0.3, -0.25) is 9.89 Å². The SMILES string of the molecule is Nc1[nH]n(-c2ccccc2)c(=O)c1[C@@H](O)c1cccc(Oc2ccccc2)c1. The number of anilines is 1. The minimum atomic E-state index is -1.19. The number of nitrogens with one attached hydrogen (secondary N) is 1. The molecule has 0 saturated carbocycles. The lowest BCUT2D eigenvalue weighted by atomic mass is 10.0. The van der Waals surface area contributed by atoms with Crippen molar-refractivity contribution in [3.8, 4) is 17.2 Å². The van der Waals surface area contributed by atoms with Gasteiger partial charge in [0, 0.05) is 0 Å². The third-order valence-electron chi connectivity index (χ3n) is 4.40. The number of hydrogen-bond donors (Lipinski definition) is 3. The summed E-state index contributed by atoms with van der Waals surface area (Å²) in [4.78, 5) is 12.8. The predicted molar refractivity (Wildman–Crippen MR) is 108 cm³/mol. The maximum absolute atomic E-state index is 12.8. The molecule has 4 N–H and O–H groups in total. The second kappa shape index (κ2) is 7.46. The predicted octanol–water partition coefficient (Wildman–Crippen LogP) is 3.62. The van der Waals surface area contributed by atoms with Crippen LogP contribution in [0.4, 0.5) is 5.82 Å². The molecule has 0 aliphatic heterocycles. The summed E-state index contributed by atoms with van der Waals surface area (Å²) in [6, 6.07) is 25.3. The maximum atomic E-state index is 12.8. The highest BCUT2D eigenvalue weighted by Gasteiger charge is 2.22. The molecule has 28 heavy (non-hydrogen) atoms. The molecule has 0 fully saturated rings. The van der Waals surface area contributed by atoms with Gasteiger partial charge in [0.1, 0.15) is 23.4 Å². The number of nitrogens with two attached hydrogens (primary N) is 1. The Hall–Kier alpha value is -3.77. The fourth-order valence-corrected chi connectivity index (χ4v) is 3.03. The Morgan fingerprint density at radius 1 is 0.893 bits per heavy atom. The quantitative estimate of drug-likeness (QED) is 0.498. The number of aliphatic hydroxyl groups excluding tert-OH is 1. The Labute approximate surface area is 161 Å². The van der Waals surface area contributed by atoms with Gasteiger partial charge in [-0.05, 0) is 42.0 Å². The normalized spacial score (nSPS) is 11.9. The number of rotatable bonds is 5. The van der Waals surface area contributed by atoms with Crippen molar-refractivity contribution in [2.24, 2.45) is 0 Å². The molecular weight excluding hydrogens is 354 g/mol. The lowest BCUT2D eigenvalue weighted by Gasteiger charge is -2.12. The van der Waals surface area contributed by atoms with Crippen LogP contribution in [-0.4, -0.2) is 14.9 Å². The molecule has 4 aromatic rings. The maximum Gasteiger partial charge on any atom is 0.279 e. The van der Waals surface area contributed by atoms with Crippen LogP contribution < -0.4 is 16.0 Å². The van der Waals surface area contributed by atoms with Crippen LogP contribution in [0.15, 0.2) is 89.7 Å². The van der Waals surface area contributed by atoms with E-state index in [1.54, 1.807) is 36.4 Å². The van der Waals surface area contributed by atoms with E-state index in [0.717, 1.165) is 0 Å². The van der Waals surface area contributed by atoms with Crippen LogP contribution in [0.5, 0.6) is 11.5 Å². The van der Waals surface area contributed by atoms with Crippen molar-refractivity contribution in [3.05, 3.63) is 106 Å². The highest BCUT2D eigenvalue weighted by atomic mass is 16.5. The van der Waals surface area contributed by atoms with E-state index in [0.29, 0.717) is 22.7 Å². The summed E-state index contributed by atoms with van der Waals surface area (Å²) < 4.78 is 7.12. The standard InChI is InChI=1S/C22H19N3O3/c23-21-19(22(27)25(24-21)16-9-3-1-4-10-16)20(26)15-8-7-13-18(14-15)28-17-11-5-2-6-12-17/h1-14,20,24,26H,23H2/t20-/m0/s1. The molecule has 0 spiro atoms. The molecule has 0 saturated heterocycles. The van der Waals surface area contributed by atoms with Crippen LogP contribution >= 0.6 is 0 Å². The molecule has 4 rings (SSSR count). The first kappa shape index (κ1) is 17.6. The number of aliphatic hydroxyl groups is 1. The summed E-state index contributed by atoms with van der Waals surface area (Å²) in [5, 5.41) is 13.7. The Balaban J connectivity index is 1.67. The number of aromatic amines is 1. The molecule has 1 atom stereocenters. The number of nitrogens with zero attached hydrogens (tertiary/aromatic N) is 1. The average molecular weight is 373 g/mol. The Bertz CT molecular complexity index is 1130. The Morgan fingerprint density at radius 3 is 2.25 bits per heavy atom. The van der Waals surface area contributed by atoms with E-state index in [-0.39, 0.29) is 11.4 Å². The third-order valence-corrected chi connectivity index (χ3v) is 4.40. The van der Waals surface area contributed by atoms with Gasteiger partial charge < -0.3 is 15.6 Å². The minimum Gasteiger partial charge on any atom is -0.457 e. The molecule has 6 nitrogen and oxygen atoms in total. The topological polar surface area (TPSA) is 93.3 Å². The van der Waals surface area contributed by atoms with E-state index < -0.39 is 11.7 Å². The van der Waals surface area contributed by atoms with Crippen molar-refractivity contribution in [1.29, 1.82) is 0 Å². The second-order valence-corrected chi connectivity index (χ2v) is 6.31. The van der Waals surface area contributed by atoms with Gasteiger partial charge in [-0.25, -0.2) is 4.68 Å². The van der Waals surface area contributed by atoms with Gasteiger partial charge in [-0.1, -0.05) is 48.5 Å². The van der Waals surface area contributed by atoms with Gasteiger partial charge in [0.15, 0.2) is 0 Å². The molecule has 0 amide bonds. The van der Waals surface area contributed by atoms with E-state index in [2.05, 4.69) is 5.10 Å². The number of benzene rings is 3. The van der Waals surface area contributed by atoms with Crippen molar-refractivity contribution in [1.82, 2.24) is 9.78 Å². The fraction of sp³-hybridized carbons (Fsp3) is 0.0455. The number of hydrogen-bond acceptors (Lipinski definition) is 4. The van der Waals surface area contributed by atoms with Crippen molar-refractivity contribution < 1.29 is 9.84 Å². The van der Waals surface area contributed by atoms with Crippen LogP contribution in [0.2, 0.25) is 0 Å². The van der Waals surface area contributed by atoms with Gasteiger partial charge in [0.05, 0.1) is 11.3 Å². The summed E-state index contributed by atoms with van der Waals surface area (Å²) in [6.45, 7) is 0. The molecule has 0 radical (unpaired) electrons. The monoisotopic (exact) mass is 373 g/mol. The van der Waals surface area contributed by atoms with Gasteiger partial charge in [-0.2, -0.15) is 0 Å². The lowest BCUT2D eigenvalue weighted by molar-refractivity contribution is 0.219. The molecule has 0 aliphatic carbocycles. The summed E-state index contributed by atoms with van der Waals surface area (Å²) in [6.07, 6.45) is -1.19. The minimum absolute atomic E-state index is 0.0979. The molecule has 0 unspecified atom stereocenters.